The Balaban J connectivity index is 2.08. The van der Waals surface area contributed by atoms with Crippen LogP contribution in [0.15, 0.2) is 42.5 Å². The normalized spacial score (nSPS) is 11.0. The first-order valence-electron chi connectivity index (χ1n) is 7.54. The number of nitrogens with zero attached hydrogens (tertiary/aromatic N) is 2. The largest absolute Gasteiger partial charge is 0.508 e. The minimum Gasteiger partial charge on any atom is -0.508 e. The summed E-state index contributed by atoms with van der Waals surface area (Å²) in [6.45, 7) is 4.38. The molecule has 118 valence electrons. The van der Waals surface area contributed by atoms with Gasteiger partial charge in [-0.1, -0.05) is 19.1 Å². The topological polar surface area (TPSA) is 68.3 Å². The molecule has 0 aliphatic heterocycles. The summed E-state index contributed by atoms with van der Waals surface area (Å²) in [5.74, 6) is 0.239. The van der Waals surface area contributed by atoms with Gasteiger partial charge in [0.05, 0.1) is 4.92 Å². The van der Waals surface area contributed by atoms with Crippen LogP contribution >= 0.6 is 0 Å². The van der Waals surface area contributed by atoms with Crippen LogP contribution in [-0.4, -0.2) is 14.6 Å². The highest BCUT2D eigenvalue weighted by Gasteiger charge is 2.13. The number of hydrogen-bond donors (Lipinski definition) is 1. The Morgan fingerprint density at radius 2 is 1.96 bits per heavy atom. The number of benzene rings is 2. The van der Waals surface area contributed by atoms with Crippen LogP contribution in [0.2, 0.25) is 0 Å². The number of phenolic OH excluding ortho intramolecular Hbond substituents is 1. The number of rotatable bonds is 4. The van der Waals surface area contributed by atoms with E-state index in [0.29, 0.717) is 12.1 Å². The number of aryl methyl sites for hydroxylation is 2. The zero-order valence-electron chi connectivity index (χ0n) is 13.1. The summed E-state index contributed by atoms with van der Waals surface area (Å²) in [6.07, 6.45) is 0.851. The van der Waals surface area contributed by atoms with Gasteiger partial charge in [0.25, 0.3) is 5.69 Å². The fourth-order valence-electron chi connectivity index (χ4n) is 2.93. The SMILES string of the molecule is CCc1cc2cc(O)ccc2n1Cc1ccc(C)c([N+](=O)[O-])c1. The molecule has 0 saturated heterocycles. The van der Waals surface area contributed by atoms with Crippen LogP contribution in [-0.2, 0) is 13.0 Å². The van der Waals surface area contributed by atoms with Crippen molar-refractivity contribution < 1.29 is 10.0 Å². The smallest absolute Gasteiger partial charge is 0.272 e. The van der Waals surface area contributed by atoms with Gasteiger partial charge in [0.2, 0.25) is 0 Å². The van der Waals surface area contributed by atoms with Gasteiger partial charge in [-0.2, -0.15) is 0 Å². The second kappa shape index (κ2) is 5.76. The summed E-state index contributed by atoms with van der Waals surface area (Å²) in [7, 11) is 0. The first-order valence-corrected chi connectivity index (χ1v) is 7.54. The summed E-state index contributed by atoms with van der Waals surface area (Å²) in [6, 6.07) is 12.7. The summed E-state index contributed by atoms with van der Waals surface area (Å²) < 4.78 is 2.14. The van der Waals surface area contributed by atoms with Crippen LogP contribution < -0.4 is 0 Å². The number of aromatic nitrogens is 1. The van der Waals surface area contributed by atoms with Crippen LogP contribution in [0, 0.1) is 17.0 Å². The van der Waals surface area contributed by atoms with Crippen LogP contribution in [0.25, 0.3) is 10.9 Å². The van der Waals surface area contributed by atoms with Crippen molar-refractivity contribution in [2.45, 2.75) is 26.8 Å². The van der Waals surface area contributed by atoms with Crippen LogP contribution in [0.3, 0.4) is 0 Å². The van der Waals surface area contributed by atoms with Crippen molar-refractivity contribution in [1.29, 1.82) is 0 Å². The van der Waals surface area contributed by atoms with Crippen molar-refractivity contribution in [3.63, 3.8) is 0 Å². The van der Waals surface area contributed by atoms with Crippen LogP contribution in [0.1, 0.15) is 23.7 Å². The lowest BCUT2D eigenvalue weighted by atomic mass is 10.1. The number of hydrogen-bond acceptors (Lipinski definition) is 3. The van der Waals surface area contributed by atoms with Crippen LogP contribution in [0.5, 0.6) is 5.75 Å². The van der Waals surface area contributed by atoms with E-state index in [9.17, 15) is 15.2 Å². The monoisotopic (exact) mass is 310 g/mol. The highest BCUT2D eigenvalue weighted by atomic mass is 16.6. The fourth-order valence-corrected chi connectivity index (χ4v) is 2.93. The molecule has 0 unspecified atom stereocenters. The molecule has 1 heterocycles. The van der Waals surface area contributed by atoms with Crippen molar-refractivity contribution in [3.8, 4) is 5.75 Å². The summed E-state index contributed by atoms with van der Waals surface area (Å²) in [5.41, 5.74) is 3.85. The number of fused-ring (bicyclic) bond motifs is 1. The van der Waals surface area contributed by atoms with Crippen molar-refractivity contribution in [3.05, 3.63) is 69.4 Å². The van der Waals surface area contributed by atoms with Gasteiger partial charge in [-0.05, 0) is 43.2 Å². The Hall–Kier alpha value is -2.82. The maximum absolute atomic E-state index is 11.1. The van der Waals surface area contributed by atoms with Gasteiger partial charge in [0.15, 0.2) is 0 Å². The molecule has 5 nitrogen and oxygen atoms in total. The Kier molecular flexibility index (Phi) is 3.78. The zero-order chi connectivity index (χ0) is 16.6. The molecule has 3 rings (SSSR count). The van der Waals surface area contributed by atoms with E-state index in [-0.39, 0.29) is 16.4 Å². The summed E-state index contributed by atoms with van der Waals surface area (Å²) in [4.78, 5) is 10.8. The molecule has 0 atom stereocenters. The fraction of sp³-hybridized carbons (Fsp3) is 0.222. The molecule has 3 aromatic rings. The van der Waals surface area contributed by atoms with Gasteiger partial charge < -0.3 is 9.67 Å². The van der Waals surface area contributed by atoms with Gasteiger partial charge in [-0.15, -0.1) is 0 Å². The molecule has 0 saturated carbocycles. The Bertz CT molecular complexity index is 897. The average molecular weight is 310 g/mol. The molecule has 1 aromatic heterocycles. The number of aromatic hydroxyl groups is 1. The second-order valence-corrected chi connectivity index (χ2v) is 5.70. The molecular formula is C18H18N2O3. The van der Waals surface area contributed by atoms with Gasteiger partial charge >= 0.3 is 0 Å². The minimum absolute atomic E-state index is 0.148. The number of nitro groups is 1. The lowest BCUT2D eigenvalue weighted by molar-refractivity contribution is -0.385. The van der Waals surface area contributed by atoms with E-state index in [4.69, 9.17) is 0 Å². The molecule has 2 aromatic carbocycles. The lowest BCUT2D eigenvalue weighted by Crippen LogP contribution is -2.04. The van der Waals surface area contributed by atoms with E-state index in [1.165, 1.54) is 0 Å². The first-order chi connectivity index (χ1) is 11.0. The van der Waals surface area contributed by atoms with Crippen molar-refractivity contribution >= 4 is 16.6 Å². The zero-order valence-corrected chi connectivity index (χ0v) is 13.1. The Labute approximate surface area is 133 Å². The van der Waals surface area contributed by atoms with E-state index in [2.05, 4.69) is 17.6 Å². The third-order valence-corrected chi connectivity index (χ3v) is 4.14. The third-order valence-electron chi connectivity index (χ3n) is 4.14. The average Bonchev–Trinajstić information content (AvgIpc) is 2.85. The molecule has 0 spiro atoms. The molecule has 0 amide bonds. The van der Waals surface area contributed by atoms with E-state index < -0.39 is 0 Å². The quantitative estimate of drug-likeness (QED) is 0.580. The maximum atomic E-state index is 11.1. The predicted molar refractivity (Wildman–Crippen MR) is 89.9 cm³/mol. The van der Waals surface area contributed by atoms with Crippen molar-refractivity contribution in [1.82, 2.24) is 4.57 Å². The molecule has 23 heavy (non-hydrogen) atoms. The minimum atomic E-state index is -0.342. The summed E-state index contributed by atoms with van der Waals surface area (Å²) >= 11 is 0. The van der Waals surface area contributed by atoms with Gasteiger partial charge in [-0.25, -0.2) is 0 Å². The molecular weight excluding hydrogens is 292 g/mol. The standard InChI is InChI=1S/C18H18N2O3/c1-3-15-9-14-10-16(21)6-7-17(14)19(15)11-13-5-4-12(2)18(8-13)20(22)23/h4-10,21H,3,11H2,1-2H3. The maximum Gasteiger partial charge on any atom is 0.272 e. The van der Waals surface area contributed by atoms with E-state index >= 15 is 0 Å². The van der Waals surface area contributed by atoms with E-state index in [1.54, 1.807) is 31.2 Å². The lowest BCUT2D eigenvalue weighted by Gasteiger charge is -2.10. The van der Waals surface area contributed by atoms with E-state index in [1.807, 2.05) is 12.1 Å². The molecule has 0 fully saturated rings. The van der Waals surface area contributed by atoms with Gasteiger partial charge in [-0.3, -0.25) is 10.1 Å². The molecule has 1 N–H and O–H groups in total. The Morgan fingerprint density at radius 3 is 2.65 bits per heavy atom. The second-order valence-electron chi connectivity index (χ2n) is 5.70. The highest BCUT2D eigenvalue weighted by molar-refractivity contribution is 5.83. The highest BCUT2D eigenvalue weighted by Crippen LogP contribution is 2.26. The molecule has 0 bridgehead atoms. The molecule has 0 aliphatic rings. The number of nitro benzene ring substituents is 1. The van der Waals surface area contributed by atoms with Crippen molar-refractivity contribution in [2.24, 2.45) is 0 Å². The predicted octanol–water partition coefficient (Wildman–Crippen LogP) is 4.17. The molecule has 0 aliphatic carbocycles. The molecule has 5 heteroatoms. The summed E-state index contributed by atoms with van der Waals surface area (Å²) in [5, 5.41) is 21.7. The van der Waals surface area contributed by atoms with Gasteiger partial charge in [0.1, 0.15) is 5.75 Å². The Morgan fingerprint density at radius 1 is 1.17 bits per heavy atom. The number of phenols is 1. The molecule has 0 radical (unpaired) electrons. The van der Waals surface area contributed by atoms with Crippen molar-refractivity contribution in [2.75, 3.05) is 0 Å². The van der Waals surface area contributed by atoms with Gasteiger partial charge in [0, 0.05) is 34.8 Å². The van der Waals surface area contributed by atoms with Crippen LogP contribution in [0.4, 0.5) is 5.69 Å². The van der Waals surface area contributed by atoms with E-state index in [0.717, 1.165) is 28.6 Å². The first kappa shape index (κ1) is 15.1. The third kappa shape index (κ3) is 2.77.